The topological polar surface area (TPSA) is 28.4 Å². The number of rotatable bonds is 4. The molecule has 1 fully saturated rings. The van der Waals surface area contributed by atoms with Crippen molar-refractivity contribution in [2.45, 2.75) is 26.3 Å². The van der Waals surface area contributed by atoms with Crippen molar-refractivity contribution in [2.24, 2.45) is 0 Å². The molecule has 1 atom stereocenters. The maximum Gasteiger partial charge on any atom is 0.121 e. The minimum absolute atomic E-state index is 0. The lowest BCUT2D eigenvalue weighted by molar-refractivity contribution is 0.154. The highest BCUT2D eigenvalue weighted by Crippen LogP contribution is 2.28. The Balaban J connectivity index is 0.00000162. The molecule has 3 nitrogen and oxygen atoms in total. The van der Waals surface area contributed by atoms with E-state index in [1.54, 1.807) is 0 Å². The zero-order chi connectivity index (χ0) is 12.3. The summed E-state index contributed by atoms with van der Waals surface area (Å²) >= 11 is 0. The molecule has 1 aromatic rings. The lowest BCUT2D eigenvalue weighted by atomic mass is 10.1. The lowest BCUT2D eigenvalue weighted by Gasteiger charge is -2.33. The fourth-order valence-electron chi connectivity index (χ4n) is 2.36. The first-order valence-electron chi connectivity index (χ1n) is 6.35. The number of nitrogens with one attached hydrogen (secondary N) is 1. The average molecular weight is 307 g/mol. The summed E-state index contributed by atoms with van der Waals surface area (Å²) in [5, 5.41) is 3.38. The highest BCUT2D eigenvalue weighted by Gasteiger charge is 2.24. The van der Waals surface area contributed by atoms with Gasteiger partial charge in [0, 0.05) is 26.2 Å². The van der Waals surface area contributed by atoms with E-state index in [0.717, 1.165) is 44.1 Å². The van der Waals surface area contributed by atoms with Crippen LogP contribution in [0.15, 0.2) is 23.1 Å². The summed E-state index contributed by atoms with van der Waals surface area (Å²) in [5.41, 5.74) is 1.24. The number of halogens is 2. The molecule has 0 saturated carbocycles. The fourth-order valence-corrected chi connectivity index (χ4v) is 2.36. The van der Waals surface area contributed by atoms with Crippen LogP contribution in [0.4, 0.5) is 0 Å². The second-order valence-electron chi connectivity index (χ2n) is 4.71. The van der Waals surface area contributed by atoms with E-state index in [4.69, 9.17) is 4.42 Å². The van der Waals surface area contributed by atoms with Crippen molar-refractivity contribution in [2.75, 3.05) is 26.2 Å². The molecular formula is C14H24Cl2N2O. The van der Waals surface area contributed by atoms with E-state index in [-0.39, 0.29) is 24.8 Å². The van der Waals surface area contributed by atoms with Crippen molar-refractivity contribution in [1.82, 2.24) is 10.2 Å². The first kappa shape index (κ1) is 18.5. The van der Waals surface area contributed by atoms with Crippen LogP contribution in [0.1, 0.15) is 29.5 Å². The maximum atomic E-state index is 5.87. The second kappa shape index (κ2) is 8.64. The monoisotopic (exact) mass is 306 g/mol. The summed E-state index contributed by atoms with van der Waals surface area (Å²) in [6.07, 6.45) is 2.94. The molecule has 1 aliphatic heterocycles. The van der Waals surface area contributed by atoms with Gasteiger partial charge >= 0.3 is 0 Å². The van der Waals surface area contributed by atoms with Crippen LogP contribution in [0.2, 0.25) is 0 Å². The number of hydrogen-bond acceptors (Lipinski definition) is 3. The van der Waals surface area contributed by atoms with Gasteiger partial charge in [-0.1, -0.05) is 6.08 Å². The highest BCUT2D eigenvalue weighted by atomic mass is 35.5. The van der Waals surface area contributed by atoms with Gasteiger partial charge in [-0.15, -0.1) is 31.4 Å². The van der Waals surface area contributed by atoms with Gasteiger partial charge in [-0.05, 0) is 31.9 Å². The zero-order valence-corrected chi connectivity index (χ0v) is 13.3. The van der Waals surface area contributed by atoms with Gasteiger partial charge in [0.05, 0.1) is 6.04 Å². The van der Waals surface area contributed by atoms with E-state index in [2.05, 4.69) is 29.8 Å². The summed E-state index contributed by atoms with van der Waals surface area (Å²) in [5.74, 6) is 2.12. The van der Waals surface area contributed by atoms with Crippen molar-refractivity contribution in [3.8, 4) is 0 Å². The van der Waals surface area contributed by atoms with Gasteiger partial charge in [0.25, 0.3) is 0 Å². The Morgan fingerprint density at radius 2 is 2.00 bits per heavy atom. The number of piperazine rings is 1. The predicted molar refractivity (Wildman–Crippen MR) is 84.7 cm³/mol. The Bertz CT molecular complexity index is 367. The molecule has 1 N–H and O–H groups in total. The predicted octanol–water partition coefficient (Wildman–Crippen LogP) is 3.26. The SMILES string of the molecule is C=CC[C@@H](c1cc(C)c(C)o1)N1CCNCC1.Cl.Cl. The van der Waals surface area contributed by atoms with Crippen molar-refractivity contribution in [3.05, 3.63) is 35.8 Å². The zero-order valence-electron chi connectivity index (χ0n) is 11.6. The summed E-state index contributed by atoms with van der Waals surface area (Å²) in [7, 11) is 0. The molecule has 1 saturated heterocycles. The van der Waals surface area contributed by atoms with Crippen molar-refractivity contribution < 1.29 is 4.42 Å². The van der Waals surface area contributed by atoms with Gasteiger partial charge in [-0.25, -0.2) is 0 Å². The number of hydrogen-bond donors (Lipinski definition) is 1. The van der Waals surface area contributed by atoms with E-state index in [1.165, 1.54) is 5.56 Å². The van der Waals surface area contributed by atoms with Crippen LogP contribution in [0.25, 0.3) is 0 Å². The maximum absolute atomic E-state index is 5.87. The molecule has 5 heteroatoms. The Hall–Kier alpha value is -0.480. The lowest BCUT2D eigenvalue weighted by Crippen LogP contribution is -2.45. The van der Waals surface area contributed by atoms with Crippen LogP contribution in [-0.2, 0) is 0 Å². The Labute approximate surface area is 128 Å². The number of nitrogens with zero attached hydrogens (tertiary/aromatic N) is 1. The van der Waals surface area contributed by atoms with Crippen LogP contribution in [0.5, 0.6) is 0 Å². The van der Waals surface area contributed by atoms with Crippen molar-refractivity contribution in [1.29, 1.82) is 0 Å². The Morgan fingerprint density at radius 1 is 1.37 bits per heavy atom. The molecule has 110 valence electrons. The summed E-state index contributed by atoms with van der Waals surface area (Å²) in [4.78, 5) is 2.48. The van der Waals surface area contributed by atoms with E-state index in [1.807, 2.05) is 13.0 Å². The largest absolute Gasteiger partial charge is 0.464 e. The second-order valence-corrected chi connectivity index (χ2v) is 4.71. The number of aryl methyl sites for hydroxylation is 2. The van der Waals surface area contributed by atoms with E-state index in [0.29, 0.717) is 6.04 Å². The van der Waals surface area contributed by atoms with E-state index >= 15 is 0 Å². The minimum Gasteiger partial charge on any atom is -0.464 e. The average Bonchev–Trinajstić information content (AvgIpc) is 2.67. The molecule has 1 aromatic heterocycles. The van der Waals surface area contributed by atoms with Gasteiger partial charge in [0.2, 0.25) is 0 Å². The molecule has 0 aliphatic carbocycles. The van der Waals surface area contributed by atoms with Crippen LogP contribution in [0.3, 0.4) is 0 Å². The molecule has 0 aromatic carbocycles. The molecule has 0 bridgehead atoms. The van der Waals surface area contributed by atoms with Gasteiger partial charge in [0.1, 0.15) is 11.5 Å². The quantitative estimate of drug-likeness (QED) is 0.866. The third-order valence-corrected chi connectivity index (χ3v) is 3.50. The molecule has 0 radical (unpaired) electrons. The first-order chi connectivity index (χ1) is 8.22. The third-order valence-electron chi connectivity index (χ3n) is 3.50. The Morgan fingerprint density at radius 3 is 2.47 bits per heavy atom. The smallest absolute Gasteiger partial charge is 0.121 e. The van der Waals surface area contributed by atoms with Gasteiger partial charge in [0.15, 0.2) is 0 Å². The third kappa shape index (κ3) is 4.53. The van der Waals surface area contributed by atoms with Gasteiger partial charge < -0.3 is 9.73 Å². The van der Waals surface area contributed by atoms with Crippen LogP contribution in [-0.4, -0.2) is 31.1 Å². The molecular weight excluding hydrogens is 283 g/mol. The molecule has 0 unspecified atom stereocenters. The van der Waals surface area contributed by atoms with E-state index in [9.17, 15) is 0 Å². The highest BCUT2D eigenvalue weighted by molar-refractivity contribution is 5.85. The molecule has 2 heterocycles. The molecule has 0 amide bonds. The first-order valence-corrected chi connectivity index (χ1v) is 6.35. The van der Waals surface area contributed by atoms with Crippen LogP contribution in [0, 0.1) is 13.8 Å². The summed E-state index contributed by atoms with van der Waals surface area (Å²) in [6.45, 7) is 12.3. The normalized spacial score (nSPS) is 17.2. The van der Waals surface area contributed by atoms with Crippen LogP contribution >= 0.6 is 24.8 Å². The minimum atomic E-state index is 0. The number of furan rings is 1. The van der Waals surface area contributed by atoms with Crippen molar-refractivity contribution in [3.63, 3.8) is 0 Å². The van der Waals surface area contributed by atoms with Crippen LogP contribution < -0.4 is 5.32 Å². The standard InChI is InChI=1S/C14H22N2O.2ClH/c1-4-5-13(16-8-6-15-7-9-16)14-10-11(2)12(3)17-14;;/h4,10,13,15H,1,5-9H2,2-3H3;2*1H/t13-;;/m0../s1. The fraction of sp³-hybridized carbons (Fsp3) is 0.571. The summed E-state index contributed by atoms with van der Waals surface area (Å²) < 4.78 is 5.87. The molecule has 19 heavy (non-hydrogen) atoms. The van der Waals surface area contributed by atoms with Crippen molar-refractivity contribution >= 4 is 24.8 Å². The van der Waals surface area contributed by atoms with Gasteiger partial charge in [-0.2, -0.15) is 0 Å². The summed E-state index contributed by atoms with van der Waals surface area (Å²) in [6, 6.07) is 2.52. The molecule has 1 aliphatic rings. The molecule has 2 rings (SSSR count). The van der Waals surface area contributed by atoms with E-state index < -0.39 is 0 Å². The van der Waals surface area contributed by atoms with Gasteiger partial charge in [-0.3, -0.25) is 4.90 Å². The molecule has 0 spiro atoms. The Kier molecular flexibility index (Phi) is 8.42.